The number of hydrogen-bond acceptors (Lipinski definition) is 6. The Morgan fingerprint density at radius 2 is 1.97 bits per heavy atom. The lowest BCUT2D eigenvalue weighted by atomic mass is 10.1. The summed E-state index contributed by atoms with van der Waals surface area (Å²) in [6, 6.07) is 8.27. The van der Waals surface area contributed by atoms with Crippen LogP contribution in [-0.2, 0) is 30.4 Å². The fraction of sp³-hybridized carbons (Fsp3) is 0.571. The molecule has 8 heteroatoms. The van der Waals surface area contributed by atoms with Gasteiger partial charge in [-0.2, -0.15) is 0 Å². The third kappa shape index (κ3) is 5.69. The highest BCUT2D eigenvalue weighted by Crippen LogP contribution is 2.23. The van der Waals surface area contributed by atoms with Crippen LogP contribution < -0.4 is 5.32 Å². The van der Waals surface area contributed by atoms with E-state index in [0.717, 1.165) is 5.56 Å². The molecule has 0 aromatic heterocycles. The van der Waals surface area contributed by atoms with E-state index >= 15 is 0 Å². The molecule has 0 bridgehead atoms. The third-order valence-electron chi connectivity index (χ3n) is 4.73. The van der Waals surface area contributed by atoms with Crippen molar-refractivity contribution in [2.75, 3.05) is 6.54 Å². The molecule has 2 heterocycles. The highest BCUT2D eigenvalue weighted by molar-refractivity contribution is 5.87. The van der Waals surface area contributed by atoms with Gasteiger partial charge in [0.1, 0.15) is 17.7 Å². The van der Waals surface area contributed by atoms with Crippen LogP contribution in [0.4, 0.5) is 4.79 Å². The molecule has 0 radical (unpaired) electrons. The van der Waals surface area contributed by atoms with Crippen LogP contribution in [0.25, 0.3) is 0 Å². The molecule has 2 aliphatic rings. The summed E-state index contributed by atoms with van der Waals surface area (Å²) in [4.78, 5) is 38.4. The highest BCUT2D eigenvalue weighted by atomic mass is 16.7. The number of benzene rings is 1. The number of carbonyl (C=O) groups is 3. The van der Waals surface area contributed by atoms with Gasteiger partial charge in [0.25, 0.3) is 0 Å². The Balaban J connectivity index is 1.58. The van der Waals surface area contributed by atoms with E-state index in [1.165, 1.54) is 4.90 Å². The largest absolute Gasteiger partial charge is 0.444 e. The Morgan fingerprint density at radius 1 is 1.24 bits per heavy atom. The van der Waals surface area contributed by atoms with Gasteiger partial charge >= 0.3 is 12.1 Å². The summed E-state index contributed by atoms with van der Waals surface area (Å²) in [5.41, 5.74) is 0.301. The lowest BCUT2D eigenvalue weighted by molar-refractivity contribution is -0.168. The molecule has 158 valence electrons. The second kappa shape index (κ2) is 8.82. The van der Waals surface area contributed by atoms with Crippen molar-refractivity contribution in [3.8, 4) is 0 Å². The number of nitrogens with zero attached hydrogens (tertiary/aromatic N) is 1. The van der Waals surface area contributed by atoms with E-state index in [1.54, 1.807) is 20.8 Å². The quantitative estimate of drug-likeness (QED) is 0.757. The van der Waals surface area contributed by atoms with Crippen LogP contribution in [0.1, 0.15) is 45.6 Å². The molecule has 2 saturated heterocycles. The Morgan fingerprint density at radius 3 is 2.66 bits per heavy atom. The molecule has 2 unspecified atom stereocenters. The predicted molar refractivity (Wildman–Crippen MR) is 104 cm³/mol. The molecule has 2 aliphatic heterocycles. The SMILES string of the molecule is CC(C)(C)OC(=O)N1CCCC1C(=O)N[C@H]1CC(=O)OC1OCc1ccccc1. The molecule has 1 aromatic carbocycles. The van der Waals surface area contributed by atoms with Crippen molar-refractivity contribution >= 4 is 18.0 Å². The van der Waals surface area contributed by atoms with Gasteiger partial charge in [-0.15, -0.1) is 0 Å². The van der Waals surface area contributed by atoms with Crippen LogP contribution in [0, 0.1) is 0 Å². The van der Waals surface area contributed by atoms with Gasteiger partial charge < -0.3 is 19.5 Å². The van der Waals surface area contributed by atoms with Crippen LogP contribution >= 0.6 is 0 Å². The van der Waals surface area contributed by atoms with E-state index in [4.69, 9.17) is 14.2 Å². The number of amides is 2. The first-order valence-corrected chi connectivity index (χ1v) is 9.88. The number of rotatable bonds is 5. The Kier molecular flexibility index (Phi) is 6.42. The first kappa shape index (κ1) is 21.1. The normalized spacial score (nSPS) is 24.3. The molecular formula is C21H28N2O6. The summed E-state index contributed by atoms with van der Waals surface area (Å²) in [7, 11) is 0. The first-order valence-electron chi connectivity index (χ1n) is 9.88. The van der Waals surface area contributed by atoms with Gasteiger partial charge in [0.05, 0.1) is 13.0 Å². The number of esters is 1. The van der Waals surface area contributed by atoms with E-state index in [1.807, 2.05) is 30.3 Å². The van der Waals surface area contributed by atoms with Crippen molar-refractivity contribution in [1.82, 2.24) is 10.2 Å². The number of hydrogen-bond donors (Lipinski definition) is 1. The van der Waals surface area contributed by atoms with Crippen molar-refractivity contribution in [3.05, 3.63) is 35.9 Å². The van der Waals surface area contributed by atoms with E-state index in [9.17, 15) is 14.4 Å². The van der Waals surface area contributed by atoms with Crippen molar-refractivity contribution < 1.29 is 28.6 Å². The standard InChI is InChI=1S/C21H28N2O6/c1-21(2,3)29-20(26)23-11-7-10-16(23)18(25)22-15-12-17(24)28-19(15)27-13-14-8-5-4-6-9-14/h4-6,8-9,15-16,19H,7,10-13H2,1-3H3,(H,22,25)/t15-,16?,19?/m0/s1. The molecule has 8 nitrogen and oxygen atoms in total. The van der Waals surface area contributed by atoms with Crippen LogP contribution in [0.15, 0.2) is 30.3 Å². The molecule has 2 amide bonds. The maximum Gasteiger partial charge on any atom is 0.410 e. The number of likely N-dealkylation sites (tertiary alicyclic amines) is 1. The molecule has 1 N–H and O–H groups in total. The molecule has 2 fully saturated rings. The van der Waals surface area contributed by atoms with E-state index in [2.05, 4.69) is 5.32 Å². The summed E-state index contributed by atoms with van der Waals surface area (Å²) in [6.45, 7) is 6.07. The second-order valence-corrected chi connectivity index (χ2v) is 8.31. The maximum absolute atomic E-state index is 12.8. The average molecular weight is 404 g/mol. The number of cyclic esters (lactones) is 1. The van der Waals surface area contributed by atoms with Gasteiger partial charge in [-0.1, -0.05) is 30.3 Å². The summed E-state index contributed by atoms with van der Waals surface area (Å²) in [6.07, 6.45) is -0.0773. The maximum atomic E-state index is 12.8. The summed E-state index contributed by atoms with van der Waals surface area (Å²) in [5.74, 6) is -0.756. The minimum Gasteiger partial charge on any atom is -0.444 e. The molecule has 1 aromatic rings. The Hall–Kier alpha value is -2.61. The molecular weight excluding hydrogens is 376 g/mol. The lowest BCUT2D eigenvalue weighted by Crippen LogP contribution is -2.51. The van der Waals surface area contributed by atoms with Gasteiger partial charge in [0.2, 0.25) is 12.2 Å². The van der Waals surface area contributed by atoms with Gasteiger partial charge in [-0.3, -0.25) is 14.5 Å². The zero-order valence-corrected chi connectivity index (χ0v) is 17.1. The Labute approximate surface area is 170 Å². The zero-order valence-electron chi connectivity index (χ0n) is 17.1. The molecule has 3 rings (SSSR count). The van der Waals surface area contributed by atoms with Crippen LogP contribution in [-0.4, -0.2) is 53.4 Å². The summed E-state index contributed by atoms with van der Waals surface area (Å²) < 4.78 is 16.3. The predicted octanol–water partition coefficient (Wildman–Crippen LogP) is 2.36. The summed E-state index contributed by atoms with van der Waals surface area (Å²) >= 11 is 0. The topological polar surface area (TPSA) is 94.2 Å². The van der Waals surface area contributed by atoms with E-state index < -0.39 is 36.0 Å². The van der Waals surface area contributed by atoms with E-state index in [-0.39, 0.29) is 18.9 Å². The Bertz CT molecular complexity index is 745. The van der Waals surface area contributed by atoms with Gasteiger partial charge in [0, 0.05) is 6.54 Å². The molecule has 0 aliphatic carbocycles. The van der Waals surface area contributed by atoms with Gasteiger partial charge in [-0.05, 0) is 39.2 Å². The molecule has 29 heavy (non-hydrogen) atoms. The fourth-order valence-corrected chi connectivity index (χ4v) is 3.41. The minimum absolute atomic E-state index is 0.0321. The number of ether oxygens (including phenoxy) is 3. The molecule has 3 atom stereocenters. The third-order valence-corrected chi connectivity index (χ3v) is 4.73. The lowest BCUT2D eigenvalue weighted by Gasteiger charge is -2.29. The van der Waals surface area contributed by atoms with Crippen molar-refractivity contribution in [1.29, 1.82) is 0 Å². The van der Waals surface area contributed by atoms with Crippen molar-refractivity contribution in [2.45, 2.75) is 70.6 Å². The van der Waals surface area contributed by atoms with Crippen LogP contribution in [0.3, 0.4) is 0 Å². The van der Waals surface area contributed by atoms with E-state index in [0.29, 0.717) is 19.4 Å². The number of carbonyl (C=O) groups excluding carboxylic acids is 3. The fourth-order valence-electron chi connectivity index (χ4n) is 3.41. The second-order valence-electron chi connectivity index (χ2n) is 8.31. The minimum atomic E-state index is -0.858. The van der Waals surface area contributed by atoms with Crippen molar-refractivity contribution in [2.24, 2.45) is 0 Å². The average Bonchev–Trinajstić information content (AvgIpc) is 3.26. The first-order chi connectivity index (χ1) is 13.7. The van der Waals surface area contributed by atoms with Gasteiger partial charge in [-0.25, -0.2) is 4.79 Å². The van der Waals surface area contributed by atoms with Crippen LogP contribution in [0.5, 0.6) is 0 Å². The van der Waals surface area contributed by atoms with Crippen molar-refractivity contribution in [3.63, 3.8) is 0 Å². The molecule has 0 spiro atoms. The monoisotopic (exact) mass is 404 g/mol. The van der Waals surface area contributed by atoms with Gasteiger partial charge in [0.15, 0.2) is 0 Å². The smallest absolute Gasteiger partial charge is 0.410 e. The zero-order chi connectivity index (χ0) is 21.0. The van der Waals surface area contributed by atoms with Crippen LogP contribution in [0.2, 0.25) is 0 Å². The number of nitrogens with one attached hydrogen (secondary N) is 1. The highest BCUT2D eigenvalue weighted by Gasteiger charge is 2.41. The molecule has 0 saturated carbocycles. The summed E-state index contributed by atoms with van der Waals surface area (Å²) in [5, 5.41) is 2.83.